The first-order valence-corrected chi connectivity index (χ1v) is 8.64. The highest BCUT2D eigenvalue weighted by Crippen LogP contribution is 2.28. The Morgan fingerprint density at radius 2 is 1.95 bits per heavy atom. The van der Waals surface area contributed by atoms with Gasteiger partial charge in [-0.25, -0.2) is 12.8 Å². The molecule has 1 aromatic carbocycles. The van der Waals surface area contributed by atoms with Crippen LogP contribution in [0.1, 0.15) is 30.6 Å². The highest BCUT2D eigenvalue weighted by atomic mass is 35.7. The first kappa shape index (κ1) is 17.2. The fourth-order valence-corrected chi connectivity index (χ4v) is 3.23. The van der Waals surface area contributed by atoms with Gasteiger partial charge < -0.3 is 4.90 Å². The summed E-state index contributed by atoms with van der Waals surface area (Å²) in [6.07, 6.45) is 0.704. The fourth-order valence-electron chi connectivity index (χ4n) is 1.72. The smallest absolute Gasteiger partial charge is 0.262 e. The van der Waals surface area contributed by atoms with Crippen LogP contribution < -0.4 is 0 Å². The van der Waals surface area contributed by atoms with Gasteiger partial charge in [-0.3, -0.25) is 4.79 Å². The Morgan fingerprint density at radius 1 is 1.35 bits per heavy atom. The summed E-state index contributed by atoms with van der Waals surface area (Å²) in [6, 6.07) is 1.66. The molecule has 0 N–H and O–H groups in total. The topological polar surface area (TPSA) is 54.5 Å². The standard InChI is InChI=1S/C12H14Cl2FNO3S/c1-3-5-16(4-2)12(17)8-6-11(20(14,18)19)9(13)7-10(8)15/h6-7H,3-5H2,1-2H3. The molecule has 1 rings (SSSR count). The first-order valence-electron chi connectivity index (χ1n) is 5.95. The van der Waals surface area contributed by atoms with Gasteiger partial charge in [0.25, 0.3) is 15.0 Å². The minimum atomic E-state index is -4.15. The maximum Gasteiger partial charge on any atom is 0.262 e. The van der Waals surface area contributed by atoms with Crippen LogP contribution >= 0.6 is 22.3 Å². The van der Waals surface area contributed by atoms with Crippen LogP contribution in [0.4, 0.5) is 4.39 Å². The fraction of sp³-hybridized carbons (Fsp3) is 0.417. The molecule has 8 heteroatoms. The molecule has 112 valence electrons. The Labute approximate surface area is 126 Å². The summed E-state index contributed by atoms with van der Waals surface area (Å²) in [4.78, 5) is 13.1. The van der Waals surface area contributed by atoms with Gasteiger partial charge >= 0.3 is 0 Å². The number of halogens is 3. The lowest BCUT2D eigenvalue weighted by molar-refractivity contribution is 0.0759. The van der Waals surface area contributed by atoms with Gasteiger partial charge in [0.15, 0.2) is 0 Å². The van der Waals surface area contributed by atoms with Gasteiger partial charge in [0.2, 0.25) is 0 Å². The molecule has 0 radical (unpaired) electrons. The van der Waals surface area contributed by atoms with Gasteiger partial charge in [-0.05, 0) is 25.5 Å². The van der Waals surface area contributed by atoms with Crippen molar-refractivity contribution in [1.29, 1.82) is 0 Å². The Hall–Kier alpha value is -0.850. The van der Waals surface area contributed by atoms with E-state index in [0.717, 1.165) is 12.1 Å². The quantitative estimate of drug-likeness (QED) is 0.772. The lowest BCUT2D eigenvalue weighted by atomic mass is 10.1. The Balaban J connectivity index is 3.35. The molecule has 0 saturated carbocycles. The van der Waals surface area contributed by atoms with Crippen molar-refractivity contribution in [3.8, 4) is 0 Å². The van der Waals surface area contributed by atoms with Crippen LogP contribution in [0.2, 0.25) is 5.02 Å². The lowest BCUT2D eigenvalue weighted by Crippen LogP contribution is -2.32. The summed E-state index contributed by atoms with van der Waals surface area (Å²) in [5.41, 5.74) is -0.357. The molecule has 0 unspecified atom stereocenters. The van der Waals surface area contributed by atoms with Crippen LogP contribution in [-0.2, 0) is 9.05 Å². The maximum atomic E-state index is 13.8. The molecule has 4 nitrogen and oxygen atoms in total. The van der Waals surface area contributed by atoms with Crippen molar-refractivity contribution in [3.63, 3.8) is 0 Å². The van der Waals surface area contributed by atoms with E-state index in [1.54, 1.807) is 6.92 Å². The van der Waals surface area contributed by atoms with Gasteiger partial charge in [-0.2, -0.15) is 0 Å². The number of carbonyl (C=O) groups excluding carboxylic acids is 1. The van der Waals surface area contributed by atoms with Gasteiger partial charge in [0.1, 0.15) is 10.7 Å². The second-order valence-corrected chi connectivity index (χ2v) is 7.03. The molecule has 0 fully saturated rings. The molecular formula is C12H14Cl2FNO3S. The summed E-state index contributed by atoms with van der Waals surface area (Å²) in [7, 11) is 1.06. The number of carbonyl (C=O) groups is 1. The monoisotopic (exact) mass is 341 g/mol. The van der Waals surface area contributed by atoms with E-state index >= 15 is 0 Å². The Bertz CT molecular complexity index is 619. The van der Waals surface area contributed by atoms with Crippen LogP contribution in [0.3, 0.4) is 0 Å². The van der Waals surface area contributed by atoms with Crippen molar-refractivity contribution in [2.24, 2.45) is 0 Å². The zero-order valence-corrected chi connectivity index (χ0v) is 13.3. The van der Waals surface area contributed by atoms with E-state index < -0.39 is 25.7 Å². The molecule has 0 aliphatic rings. The zero-order valence-electron chi connectivity index (χ0n) is 11.0. The summed E-state index contributed by atoms with van der Waals surface area (Å²) >= 11 is 5.64. The van der Waals surface area contributed by atoms with Gasteiger partial charge in [0, 0.05) is 23.8 Å². The third-order valence-electron chi connectivity index (χ3n) is 2.68. The SMILES string of the molecule is CCCN(CC)C(=O)c1cc(S(=O)(=O)Cl)c(Cl)cc1F. The number of nitrogens with zero attached hydrogens (tertiary/aromatic N) is 1. The molecule has 0 atom stereocenters. The number of benzene rings is 1. The highest BCUT2D eigenvalue weighted by molar-refractivity contribution is 8.13. The minimum Gasteiger partial charge on any atom is -0.339 e. The molecule has 0 aliphatic heterocycles. The molecule has 0 aliphatic carbocycles. The predicted molar refractivity (Wildman–Crippen MR) is 76.3 cm³/mol. The van der Waals surface area contributed by atoms with Gasteiger partial charge in [-0.1, -0.05) is 18.5 Å². The molecule has 0 heterocycles. The first-order chi connectivity index (χ1) is 9.22. The number of hydrogen-bond donors (Lipinski definition) is 0. The highest BCUT2D eigenvalue weighted by Gasteiger charge is 2.23. The summed E-state index contributed by atoms with van der Waals surface area (Å²) in [5.74, 6) is -1.47. The van der Waals surface area contributed by atoms with Gasteiger partial charge in [0.05, 0.1) is 10.6 Å². The molecule has 0 saturated heterocycles. The molecule has 1 aromatic rings. The molecule has 20 heavy (non-hydrogen) atoms. The molecule has 0 spiro atoms. The van der Waals surface area contributed by atoms with Crippen molar-refractivity contribution < 1.29 is 17.6 Å². The average Bonchev–Trinajstić information content (AvgIpc) is 2.33. The van der Waals surface area contributed by atoms with Crippen molar-refractivity contribution in [2.75, 3.05) is 13.1 Å². The van der Waals surface area contributed by atoms with E-state index in [1.807, 2.05) is 6.92 Å². The molecule has 0 aromatic heterocycles. The Kier molecular flexibility index (Phi) is 5.79. The predicted octanol–water partition coefficient (Wildman–Crippen LogP) is 3.28. The number of hydrogen-bond acceptors (Lipinski definition) is 3. The van der Waals surface area contributed by atoms with E-state index in [0.29, 0.717) is 19.5 Å². The third-order valence-corrected chi connectivity index (χ3v) is 4.46. The molecular weight excluding hydrogens is 328 g/mol. The van der Waals surface area contributed by atoms with E-state index in [4.69, 9.17) is 22.3 Å². The number of rotatable bonds is 5. The molecule has 1 amide bonds. The lowest BCUT2D eigenvalue weighted by Gasteiger charge is -2.20. The normalized spacial score (nSPS) is 11.4. The van der Waals surface area contributed by atoms with E-state index in [9.17, 15) is 17.6 Å². The third kappa shape index (κ3) is 3.84. The zero-order chi connectivity index (χ0) is 15.5. The van der Waals surface area contributed by atoms with Crippen LogP contribution in [0.5, 0.6) is 0 Å². The van der Waals surface area contributed by atoms with Crippen molar-refractivity contribution in [1.82, 2.24) is 4.90 Å². The minimum absolute atomic E-state index is 0.354. The van der Waals surface area contributed by atoms with Gasteiger partial charge in [-0.15, -0.1) is 0 Å². The van der Waals surface area contributed by atoms with Crippen molar-refractivity contribution >= 4 is 37.2 Å². The maximum absolute atomic E-state index is 13.8. The second kappa shape index (κ2) is 6.74. The average molecular weight is 342 g/mol. The van der Waals surface area contributed by atoms with Crippen molar-refractivity contribution in [3.05, 3.63) is 28.5 Å². The molecule has 0 bridgehead atoms. The number of amides is 1. The van der Waals surface area contributed by atoms with E-state index in [-0.39, 0.29) is 10.6 Å². The Morgan fingerprint density at radius 3 is 2.40 bits per heavy atom. The summed E-state index contributed by atoms with van der Waals surface area (Å²) < 4.78 is 36.5. The van der Waals surface area contributed by atoms with Crippen LogP contribution in [0.25, 0.3) is 0 Å². The summed E-state index contributed by atoms with van der Waals surface area (Å²) in [6.45, 7) is 4.46. The van der Waals surface area contributed by atoms with Crippen molar-refractivity contribution in [2.45, 2.75) is 25.2 Å². The van der Waals surface area contributed by atoms with Crippen LogP contribution in [0.15, 0.2) is 17.0 Å². The second-order valence-electron chi connectivity index (χ2n) is 4.09. The van der Waals surface area contributed by atoms with E-state index in [2.05, 4.69) is 0 Å². The van der Waals surface area contributed by atoms with Crippen LogP contribution in [0, 0.1) is 5.82 Å². The largest absolute Gasteiger partial charge is 0.339 e. The summed E-state index contributed by atoms with van der Waals surface area (Å²) in [5, 5.41) is -0.354. The van der Waals surface area contributed by atoms with E-state index in [1.165, 1.54) is 4.90 Å². The van der Waals surface area contributed by atoms with Crippen LogP contribution in [-0.4, -0.2) is 32.3 Å².